The van der Waals surface area contributed by atoms with Crippen LogP contribution in [0, 0.1) is 10.1 Å². The van der Waals surface area contributed by atoms with E-state index in [4.69, 9.17) is 4.42 Å². The van der Waals surface area contributed by atoms with Crippen molar-refractivity contribution in [1.82, 2.24) is 9.97 Å². The van der Waals surface area contributed by atoms with E-state index < -0.39 is 4.92 Å². The minimum absolute atomic E-state index is 0.124. The fourth-order valence-corrected chi connectivity index (χ4v) is 1.26. The van der Waals surface area contributed by atoms with Crippen molar-refractivity contribution in [2.75, 3.05) is 11.9 Å². The van der Waals surface area contributed by atoms with E-state index in [0.717, 1.165) is 5.76 Å². The SMILES string of the molecule is O=[N+]([O-])c1cnc(NCCc2ccco2)nc1. The van der Waals surface area contributed by atoms with Crippen LogP contribution < -0.4 is 5.32 Å². The molecule has 7 nitrogen and oxygen atoms in total. The number of nitrogens with one attached hydrogen (secondary N) is 1. The largest absolute Gasteiger partial charge is 0.469 e. The van der Waals surface area contributed by atoms with Crippen LogP contribution >= 0.6 is 0 Å². The predicted molar refractivity (Wildman–Crippen MR) is 59.6 cm³/mol. The van der Waals surface area contributed by atoms with Crippen molar-refractivity contribution in [2.45, 2.75) is 6.42 Å². The molecular weight excluding hydrogens is 224 g/mol. The molecule has 0 unspecified atom stereocenters. The molecule has 0 saturated carbocycles. The second-order valence-corrected chi connectivity index (χ2v) is 3.28. The van der Waals surface area contributed by atoms with Gasteiger partial charge in [-0.3, -0.25) is 10.1 Å². The first-order valence-corrected chi connectivity index (χ1v) is 4.98. The highest BCUT2D eigenvalue weighted by molar-refractivity contribution is 5.30. The highest BCUT2D eigenvalue weighted by Gasteiger charge is 2.06. The van der Waals surface area contributed by atoms with Crippen molar-refractivity contribution in [3.63, 3.8) is 0 Å². The van der Waals surface area contributed by atoms with E-state index >= 15 is 0 Å². The van der Waals surface area contributed by atoms with Crippen LogP contribution in [0.5, 0.6) is 0 Å². The van der Waals surface area contributed by atoms with E-state index in [1.807, 2.05) is 12.1 Å². The predicted octanol–water partition coefficient (Wildman–Crippen LogP) is 1.63. The van der Waals surface area contributed by atoms with Crippen molar-refractivity contribution in [1.29, 1.82) is 0 Å². The maximum Gasteiger partial charge on any atom is 0.305 e. The molecule has 2 heterocycles. The van der Waals surface area contributed by atoms with Crippen LogP contribution in [0.2, 0.25) is 0 Å². The summed E-state index contributed by atoms with van der Waals surface area (Å²) in [5.41, 5.74) is -0.124. The standard InChI is InChI=1S/C10H10N4O3/c15-14(16)8-6-12-10(13-7-8)11-4-3-9-2-1-5-17-9/h1-2,5-7H,3-4H2,(H,11,12,13). The van der Waals surface area contributed by atoms with Gasteiger partial charge < -0.3 is 9.73 Å². The summed E-state index contributed by atoms with van der Waals surface area (Å²) in [5.74, 6) is 1.22. The zero-order valence-electron chi connectivity index (χ0n) is 8.87. The second-order valence-electron chi connectivity index (χ2n) is 3.28. The number of hydrogen-bond donors (Lipinski definition) is 1. The molecule has 0 bridgehead atoms. The monoisotopic (exact) mass is 234 g/mol. The molecule has 0 radical (unpaired) electrons. The van der Waals surface area contributed by atoms with Crippen molar-refractivity contribution in [3.05, 3.63) is 46.7 Å². The lowest BCUT2D eigenvalue weighted by molar-refractivity contribution is -0.385. The van der Waals surface area contributed by atoms with E-state index in [1.54, 1.807) is 6.26 Å². The summed E-state index contributed by atoms with van der Waals surface area (Å²) in [5, 5.41) is 13.3. The van der Waals surface area contributed by atoms with Crippen molar-refractivity contribution in [2.24, 2.45) is 0 Å². The smallest absolute Gasteiger partial charge is 0.305 e. The van der Waals surface area contributed by atoms with Crippen molar-refractivity contribution < 1.29 is 9.34 Å². The molecule has 2 aromatic rings. The zero-order chi connectivity index (χ0) is 12.1. The molecule has 7 heteroatoms. The Kier molecular flexibility index (Phi) is 3.29. The molecule has 0 aromatic carbocycles. The van der Waals surface area contributed by atoms with Gasteiger partial charge in [-0.15, -0.1) is 0 Å². The van der Waals surface area contributed by atoms with E-state index in [0.29, 0.717) is 18.9 Å². The molecule has 1 N–H and O–H groups in total. The lowest BCUT2D eigenvalue weighted by Crippen LogP contribution is -2.07. The van der Waals surface area contributed by atoms with Gasteiger partial charge in [-0.05, 0) is 12.1 Å². The molecule has 2 rings (SSSR count). The molecule has 0 aliphatic rings. The number of furan rings is 1. The summed E-state index contributed by atoms with van der Waals surface area (Å²) in [6.07, 6.45) is 4.65. The van der Waals surface area contributed by atoms with Crippen LogP contribution in [0.4, 0.5) is 11.6 Å². The molecule has 17 heavy (non-hydrogen) atoms. The summed E-state index contributed by atoms with van der Waals surface area (Å²) in [4.78, 5) is 17.5. The average Bonchev–Trinajstić information content (AvgIpc) is 2.83. The van der Waals surface area contributed by atoms with Gasteiger partial charge in [-0.2, -0.15) is 0 Å². The maximum atomic E-state index is 10.4. The van der Waals surface area contributed by atoms with E-state index in [1.165, 1.54) is 12.4 Å². The van der Waals surface area contributed by atoms with Gasteiger partial charge in [0.15, 0.2) is 0 Å². The lowest BCUT2D eigenvalue weighted by atomic mass is 10.3. The van der Waals surface area contributed by atoms with Gasteiger partial charge in [0.2, 0.25) is 5.95 Å². The number of rotatable bonds is 5. The molecule has 0 aliphatic heterocycles. The van der Waals surface area contributed by atoms with Gasteiger partial charge in [0, 0.05) is 13.0 Å². The highest BCUT2D eigenvalue weighted by atomic mass is 16.6. The van der Waals surface area contributed by atoms with Gasteiger partial charge >= 0.3 is 5.69 Å². The van der Waals surface area contributed by atoms with E-state index in [-0.39, 0.29) is 5.69 Å². The fraction of sp³-hybridized carbons (Fsp3) is 0.200. The summed E-state index contributed by atoms with van der Waals surface area (Å²) in [7, 11) is 0. The van der Waals surface area contributed by atoms with Crippen LogP contribution in [0.1, 0.15) is 5.76 Å². The van der Waals surface area contributed by atoms with Gasteiger partial charge in [-0.25, -0.2) is 9.97 Å². The third kappa shape index (κ3) is 3.00. The Morgan fingerprint density at radius 1 is 1.41 bits per heavy atom. The number of nitrogens with zero attached hydrogens (tertiary/aromatic N) is 3. The van der Waals surface area contributed by atoms with Gasteiger partial charge in [-0.1, -0.05) is 0 Å². The first-order chi connectivity index (χ1) is 8.25. The first-order valence-electron chi connectivity index (χ1n) is 4.98. The fourth-order valence-electron chi connectivity index (χ4n) is 1.26. The Balaban J connectivity index is 1.85. The first kappa shape index (κ1) is 11.1. The summed E-state index contributed by atoms with van der Waals surface area (Å²) < 4.78 is 5.15. The molecule has 0 spiro atoms. The molecule has 0 amide bonds. The van der Waals surface area contributed by atoms with Crippen LogP contribution in [0.3, 0.4) is 0 Å². The number of aromatic nitrogens is 2. The lowest BCUT2D eigenvalue weighted by Gasteiger charge is -2.01. The van der Waals surface area contributed by atoms with Crippen LogP contribution in [0.25, 0.3) is 0 Å². The Morgan fingerprint density at radius 3 is 2.76 bits per heavy atom. The topological polar surface area (TPSA) is 94.1 Å². The third-order valence-electron chi connectivity index (χ3n) is 2.08. The molecular formula is C10H10N4O3. The third-order valence-corrected chi connectivity index (χ3v) is 2.08. The average molecular weight is 234 g/mol. The van der Waals surface area contributed by atoms with E-state index in [9.17, 15) is 10.1 Å². The summed E-state index contributed by atoms with van der Waals surface area (Å²) in [6, 6.07) is 3.69. The van der Waals surface area contributed by atoms with Crippen LogP contribution in [0.15, 0.2) is 35.2 Å². The normalized spacial score (nSPS) is 10.1. The zero-order valence-corrected chi connectivity index (χ0v) is 8.87. The summed E-state index contributed by atoms with van der Waals surface area (Å²) >= 11 is 0. The maximum absolute atomic E-state index is 10.4. The molecule has 0 aliphatic carbocycles. The number of nitro groups is 1. The van der Waals surface area contributed by atoms with Gasteiger partial charge in [0.1, 0.15) is 18.2 Å². The second kappa shape index (κ2) is 5.06. The highest BCUT2D eigenvalue weighted by Crippen LogP contribution is 2.08. The molecule has 0 fully saturated rings. The molecule has 88 valence electrons. The van der Waals surface area contributed by atoms with Crippen molar-refractivity contribution >= 4 is 11.6 Å². The minimum Gasteiger partial charge on any atom is -0.469 e. The van der Waals surface area contributed by atoms with Crippen LogP contribution in [-0.2, 0) is 6.42 Å². The number of hydrogen-bond acceptors (Lipinski definition) is 6. The quantitative estimate of drug-likeness (QED) is 0.624. The Hall–Kier alpha value is -2.44. The van der Waals surface area contributed by atoms with E-state index in [2.05, 4.69) is 15.3 Å². The Labute approximate surface area is 96.7 Å². The van der Waals surface area contributed by atoms with Crippen molar-refractivity contribution in [3.8, 4) is 0 Å². The Bertz CT molecular complexity index is 481. The molecule has 0 atom stereocenters. The number of anilines is 1. The van der Waals surface area contributed by atoms with Crippen LogP contribution in [-0.4, -0.2) is 21.4 Å². The van der Waals surface area contributed by atoms with Gasteiger partial charge in [0.25, 0.3) is 0 Å². The molecule has 2 aromatic heterocycles. The summed E-state index contributed by atoms with van der Waals surface area (Å²) in [6.45, 7) is 0.603. The van der Waals surface area contributed by atoms with Gasteiger partial charge in [0.05, 0.1) is 11.2 Å². The molecule has 0 saturated heterocycles. The minimum atomic E-state index is -0.535. The Morgan fingerprint density at radius 2 is 2.18 bits per heavy atom.